The van der Waals surface area contributed by atoms with Gasteiger partial charge >= 0.3 is 0 Å². The van der Waals surface area contributed by atoms with E-state index in [0.717, 1.165) is 13.1 Å². The molecular weight excluding hydrogens is 140 g/mol. The van der Waals surface area contributed by atoms with Gasteiger partial charge in [0.05, 0.1) is 0 Å². The average molecular weight is 156 g/mol. The van der Waals surface area contributed by atoms with Gasteiger partial charge in [0.1, 0.15) is 0 Å². The second kappa shape index (κ2) is 3.22. The van der Waals surface area contributed by atoms with Crippen molar-refractivity contribution in [2.75, 3.05) is 13.1 Å². The second-order valence-corrected chi connectivity index (χ2v) is 3.39. The number of nitrogens with one attached hydrogen (secondary N) is 1. The summed E-state index contributed by atoms with van der Waals surface area (Å²) in [6.07, 6.45) is 0. The molecule has 1 aliphatic rings. The van der Waals surface area contributed by atoms with Crippen molar-refractivity contribution in [3.8, 4) is 0 Å². The first-order chi connectivity index (χ1) is 5.09. The van der Waals surface area contributed by atoms with Gasteiger partial charge < -0.3 is 10.2 Å². The average Bonchev–Trinajstić information content (AvgIpc) is 1.85. The first kappa shape index (κ1) is 8.53. The number of nitrogens with zero attached hydrogens (tertiary/aromatic N) is 1. The number of hydrogen-bond donors (Lipinski definition) is 1. The minimum Gasteiger partial charge on any atom is -0.340 e. The lowest BCUT2D eigenvalue weighted by Gasteiger charge is -2.35. The molecule has 3 heteroatoms. The molecule has 0 radical (unpaired) electrons. The Hall–Kier alpha value is -0.570. The van der Waals surface area contributed by atoms with Crippen molar-refractivity contribution in [2.45, 2.75) is 32.9 Å². The Labute approximate surface area is 67.8 Å². The largest absolute Gasteiger partial charge is 0.340 e. The molecule has 2 unspecified atom stereocenters. The Kier molecular flexibility index (Phi) is 2.49. The van der Waals surface area contributed by atoms with Crippen molar-refractivity contribution in [1.29, 1.82) is 0 Å². The highest BCUT2D eigenvalue weighted by atomic mass is 16.2. The van der Waals surface area contributed by atoms with Gasteiger partial charge in [-0.3, -0.25) is 4.79 Å². The third kappa shape index (κ3) is 2.19. The van der Waals surface area contributed by atoms with Crippen LogP contribution in [0.1, 0.15) is 20.8 Å². The highest BCUT2D eigenvalue weighted by molar-refractivity contribution is 5.73. The van der Waals surface area contributed by atoms with Crippen LogP contribution in [0.2, 0.25) is 0 Å². The van der Waals surface area contributed by atoms with Crippen molar-refractivity contribution in [3.05, 3.63) is 0 Å². The summed E-state index contributed by atoms with van der Waals surface area (Å²) in [4.78, 5) is 12.9. The molecule has 0 aromatic heterocycles. The van der Waals surface area contributed by atoms with Crippen LogP contribution in [-0.2, 0) is 4.79 Å². The number of rotatable bonds is 0. The van der Waals surface area contributed by atoms with E-state index >= 15 is 0 Å². The van der Waals surface area contributed by atoms with Gasteiger partial charge in [0.15, 0.2) is 0 Å². The second-order valence-electron chi connectivity index (χ2n) is 3.39. The monoisotopic (exact) mass is 156 g/mol. The molecule has 0 aromatic rings. The maximum Gasteiger partial charge on any atom is 0.219 e. The summed E-state index contributed by atoms with van der Waals surface area (Å²) in [5.74, 6) is 0.185. The lowest BCUT2D eigenvalue weighted by molar-refractivity contribution is -0.130. The maximum absolute atomic E-state index is 11.0. The van der Waals surface area contributed by atoms with Crippen molar-refractivity contribution in [1.82, 2.24) is 10.2 Å². The number of carbonyl (C=O) groups excluding carboxylic acids is 1. The summed E-state index contributed by atoms with van der Waals surface area (Å²) < 4.78 is 0. The van der Waals surface area contributed by atoms with E-state index in [4.69, 9.17) is 0 Å². The fourth-order valence-corrected chi connectivity index (χ4v) is 1.58. The summed E-state index contributed by atoms with van der Waals surface area (Å²) >= 11 is 0. The molecule has 0 aromatic carbocycles. The number of amides is 1. The minimum atomic E-state index is 0.185. The van der Waals surface area contributed by atoms with Gasteiger partial charge in [-0.1, -0.05) is 0 Å². The van der Waals surface area contributed by atoms with Crippen LogP contribution in [0, 0.1) is 0 Å². The highest BCUT2D eigenvalue weighted by Crippen LogP contribution is 2.03. The van der Waals surface area contributed by atoms with Gasteiger partial charge in [-0.25, -0.2) is 0 Å². The van der Waals surface area contributed by atoms with E-state index in [0.29, 0.717) is 12.1 Å². The van der Waals surface area contributed by atoms with E-state index in [1.165, 1.54) is 0 Å². The zero-order valence-electron chi connectivity index (χ0n) is 7.42. The molecule has 0 spiro atoms. The van der Waals surface area contributed by atoms with E-state index in [1.54, 1.807) is 6.92 Å². The molecule has 0 bridgehead atoms. The molecule has 11 heavy (non-hydrogen) atoms. The molecule has 3 nitrogen and oxygen atoms in total. The van der Waals surface area contributed by atoms with Crippen molar-refractivity contribution in [2.24, 2.45) is 0 Å². The standard InChI is InChI=1S/C8H16N2O/c1-6-4-10(8(3)11)5-7(2)9-6/h6-7,9H,4-5H2,1-3H3. The normalized spacial score (nSPS) is 32.1. The van der Waals surface area contributed by atoms with Crippen molar-refractivity contribution in [3.63, 3.8) is 0 Å². The van der Waals surface area contributed by atoms with Crippen LogP contribution in [0.25, 0.3) is 0 Å². The molecule has 2 atom stereocenters. The van der Waals surface area contributed by atoms with Crippen LogP contribution in [0.15, 0.2) is 0 Å². The first-order valence-electron chi connectivity index (χ1n) is 4.11. The summed E-state index contributed by atoms with van der Waals surface area (Å²) in [6, 6.07) is 0.866. The van der Waals surface area contributed by atoms with Crippen LogP contribution in [0.3, 0.4) is 0 Å². The predicted octanol–water partition coefficient (Wildman–Crippen LogP) is 0.215. The van der Waals surface area contributed by atoms with Crippen LogP contribution < -0.4 is 5.32 Å². The lowest BCUT2D eigenvalue weighted by Crippen LogP contribution is -2.55. The highest BCUT2D eigenvalue weighted by Gasteiger charge is 2.21. The Bertz CT molecular complexity index is 148. The third-order valence-corrected chi connectivity index (χ3v) is 2.00. The summed E-state index contributed by atoms with van der Waals surface area (Å²) in [5, 5.41) is 3.37. The van der Waals surface area contributed by atoms with Crippen LogP contribution in [0.5, 0.6) is 0 Å². The summed E-state index contributed by atoms with van der Waals surface area (Å²) in [7, 11) is 0. The van der Waals surface area contributed by atoms with E-state index in [9.17, 15) is 4.79 Å². The molecule has 0 saturated carbocycles. The van der Waals surface area contributed by atoms with Crippen LogP contribution in [0.4, 0.5) is 0 Å². The zero-order chi connectivity index (χ0) is 8.43. The topological polar surface area (TPSA) is 32.3 Å². The quantitative estimate of drug-likeness (QED) is 0.544. The zero-order valence-corrected chi connectivity index (χ0v) is 7.42. The maximum atomic E-state index is 11.0. The number of hydrogen-bond acceptors (Lipinski definition) is 2. The predicted molar refractivity (Wildman–Crippen MR) is 44.3 cm³/mol. The van der Waals surface area contributed by atoms with Gasteiger partial charge in [-0.05, 0) is 13.8 Å². The Balaban J connectivity index is 2.49. The summed E-state index contributed by atoms with van der Waals surface area (Å²) in [5.41, 5.74) is 0. The smallest absolute Gasteiger partial charge is 0.219 e. The van der Waals surface area contributed by atoms with E-state index in [-0.39, 0.29) is 5.91 Å². The molecule has 1 aliphatic heterocycles. The lowest BCUT2D eigenvalue weighted by atomic mass is 10.1. The van der Waals surface area contributed by atoms with Crippen molar-refractivity contribution >= 4 is 5.91 Å². The minimum absolute atomic E-state index is 0.185. The van der Waals surface area contributed by atoms with E-state index < -0.39 is 0 Å². The SMILES string of the molecule is CC(=O)N1CC(C)NC(C)C1. The van der Waals surface area contributed by atoms with Gasteiger partial charge in [0, 0.05) is 32.1 Å². The Morgan fingerprint density at radius 2 is 1.82 bits per heavy atom. The van der Waals surface area contributed by atoms with Gasteiger partial charge in [-0.15, -0.1) is 0 Å². The molecule has 1 amide bonds. The molecule has 64 valence electrons. The van der Waals surface area contributed by atoms with Crippen LogP contribution in [-0.4, -0.2) is 36.0 Å². The fraction of sp³-hybridized carbons (Fsp3) is 0.875. The summed E-state index contributed by atoms with van der Waals surface area (Å²) in [6.45, 7) is 7.53. The number of carbonyl (C=O) groups is 1. The van der Waals surface area contributed by atoms with E-state index in [2.05, 4.69) is 19.2 Å². The molecule has 1 fully saturated rings. The molecule has 1 saturated heterocycles. The Morgan fingerprint density at radius 3 is 2.18 bits per heavy atom. The van der Waals surface area contributed by atoms with Gasteiger partial charge in [0.25, 0.3) is 0 Å². The first-order valence-corrected chi connectivity index (χ1v) is 4.11. The molecule has 0 aliphatic carbocycles. The van der Waals surface area contributed by atoms with Crippen molar-refractivity contribution < 1.29 is 4.79 Å². The fourth-order valence-electron chi connectivity index (χ4n) is 1.58. The third-order valence-electron chi connectivity index (χ3n) is 2.00. The molecule has 1 N–H and O–H groups in total. The molecule has 1 heterocycles. The number of piperazine rings is 1. The molecular formula is C8H16N2O. The molecule has 1 rings (SSSR count). The van der Waals surface area contributed by atoms with Gasteiger partial charge in [-0.2, -0.15) is 0 Å². The van der Waals surface area contributed by atoms with Gasteiger partial charge in [0.2, 0.25) is 5.91 Å². The van der Waals surface area contributed by atoms with Crippen LogP contribution >= 0.6 is 0 Å². The Morgan fingerprint density at radius 1 is 1.36 bits per heavy atom. The van der Waals surface area contributed by atoms with E-state index in [1.807, 2.05) is 4.90 Å².